The Morgan fingerprint density at radius 2 is 1.77 bits per heavy atom. The van der Waals surface area contributed by atoms with Crippen molar-refractivity contribution in [1.82, 2.24) is 14.8 Å². The summed E-state index contributed by atoms with van der Waals surface area (Å²) < 4.78 is 11.1. The molecule has 186 valence electrons. The number of benzene rings is 2. The van der Waals surface area contributed by atoms with Gasteiger partial charge in [0.1, 0.15) is 5.01 Å². The van der Waals surface area contributed by atoms with Crippen LogP contribution in [0.15, 0.2) is 41.8 Å². The van der Waals surface area contributed by atoms with E-state index in [1.807, 2.05) is 57.2 Å². The lowest BCUT2D eigenvalue weighted by molar-refractivity contribution is -0.117. The highest BCUT2D eigenvalue weighted by atomic mass is 32.1. The lowest BCUT2D eigenvalue weighted by Crippen LogP contribution is -2.48. The number of piperazine rings is 1. The van der Waals surface area contributed by atoms with E-state index in [2.05, 4.69) is 20.5 Å². The van der Waals surface area contributed by atoms with Gasteiger partial charge in [0.25, 0.3) is 0 Å². The van der Waals surface area contributed by atoms with E-state index in [4.69, 9.17) is 14.5 Å². The number of rotatable bonds is 9. The van der Waals surface area contributed by atoms with Crippen molar-refractivity contribution >= 4 is 22.9 Å². The molecule has 0 radical (unpaired) electrons. The second-order valence-corrected chi connectivity index (χ2v) is 9.67. The molecule has 35 heavy (non-hydrogen) atoms. The standard InChI is InChI=1S/C27H34N4O3S/c1-5-34-23-10-9-21(15-24(23)33-4)27-28-22(18-35-27)16-30-11-13-31(14-12-30)17-25(32)29-26-19(2)7-6-8-20(26)3/h6-10,15,18H,5,11-14,16-17H2,1-4H3,(H,29,32). The molecule has 1 aliphatic heterocycles. The molecule has 0 spiro atoms. The van der Waals surface area contributed by atoms with E-state index >= 15 is 0 Å². The van der Waals surface area contributed by atoms with Gasteiger partial charge in [-0.1, -0.05) is 18.2 Å². The lowest BCUT2D eigenvalue weighted by Gasteiger charge is -2.33. The van der Waals surface area contributed by atoms with E-state index in [1.54, 1.807) is 18.4 Å². The molecular weight excluding hydrogens is 460 g/mol. The summed E-state index contributed by atoms with van der Waals surface area (Å²) in [5.74, 6) is 1.51. The van der Waals surface area contributed by atoms with Crippen molar-refractivity contribution in [3.63, 3.8) is 0 Å². The Balaban J connectivity index is 1.28. The van der Waals surface area contributed by atoms with Gasteiger partial charge in [-0.2, -0.15) is 0 Å². The number of hydrogen-bond acceptors (Lipinski definition) is 7. The van der Waals surface area contributed by atoms with Gasteiger partial charge in [-0.3, -0.25) is 14.6 Å². The summed E-state index contributed by atoms with van der Waals surface area (Å²) in [5, 5.41) is 6.20. The van der Waals surface area contributed by atoms with Gasteiger partial charge in [-0.05, 0) is 50.1 Å². The molecule has 1 fully saturated rings. The number of methoxy groups -OCH3 is 1. The normalized spacial score (nSPS) is 14.6. The van der Waals surface area contributed by atoms with E-state index in [1.165, 1.54) is 0 Å². The highest BCUT2D eigenvalue weighted by Gasteiger charge is 2.20. The first-order valence-corrected chi connectivity index (χ1v) is 12.9. The minimum atomic E-state index is 0.0470. The van der Waals surface area contributed by atoms with Crippen LogP contribution >= 0.6 is 11.3 Å². The molecule has 0 unspecified atom stereocenters. The summed E-state index contributed by atoms with van der Waals surface area (Å²) in [4.78, 5) is 22.1. The van der Waals surface area contributed by atoms with Crippen LogP contribution in [0.1, 0.15) is 23.7 Å². The minimum Gasteiger partial charge on any atom is -0.493 e. The van der Waals surface area contributed by atoms with Crippen molar-refractivity contribution in [3.8, 4) is 22.1 Å². The number of nitrogens with one attached hydrogen (secondary N) is 1. The number of amides is 1. The van der Waals surface area contributed by atoms with Crippen molar-refractivity contribution < 1.29 is 14.3 Å². The first-order chi connectivity index (χ1) is 17.0. The molecule has 0 atom stereocenters. The molecule has 1 saturated heterocycles. The maximum absolute atomic E-state index is 12.6. The first-order valence-electron chi connectivity index (χ1n) is 12.0. The number of thiazole rings is 1. The second kappa shape index (κ2) is 11.7. The van der Waals surface area contributed by atoms with Crippen molar-refractivity contribution in [3.05, 3.63) is 58.6 Å². The van der Waals surface area contributed by atoms with E-state index in [-0.39, 0.29) is 5.91 Å². The van der Waals surface area contributed by atoms with Gasteiger partial charge in [-0.15, -0.1) is 11.3 Å². The molecule has 0 bridgehead atoms. The molecule has 3 aromatic rings. The molecule has 1 aromatic heterocycles. The molecule has 2 heterocycles. The number of para-hydroxylation sites is 1. The van der Waals surface area contributed by atoms with Gasteiger partial charge in [0, 0.05) is 49.4 Å². The molecule has 1 amide bonds. The van der Waals surface area contributed by atoms with Gasteiger partial charge in [-0.25, -0.2) is 4.98 Å². The highest BCUT2D eigenvalue weighted by molar-refractivity contribution is 7.13. The quantitative estimate of drug-likeness (QED) is 0.469. The summed E-state index contributed by atoms with van der Waals surface area (Å²) in [6, 6.07) is 12.0. The number of aryl methyl sites for hydroxylation is 2. The fourth-order valence-corrected chi connectivity index (χ4v) is 5.12. The second-order valence-electron chi connectivity index (χ2n) is 8.81. The average molecular weight is 495 g/mol. The molecule has 0 saturated carbocycles. The highest BCUT2D eigenvalue weighted by Crippen LogP contribution is 2.34. The Morgan fingerprint density at radius 3 is 2.46 bits per heavy atom. The topological polar surface area (TPSA) is 66.9 Å². The Bertz CT molecular complexity index is 1130. The third-order valence-electron chi connectivity index (χ3n) is 6.23. The number of carbonyl (C=O) groups excluding carboxylic acids is 1. The zero-order valence-corrected chi connectivity index (χ0v) is 21.8. The Kier molecular flexibility index (Phi) is 8.38. The molecule has 4 rings (SSSR count). The Labute approximate surface area is 211 Å². The van der Waals surface area contributed by atoms with Crippen molar-refractivity contribution in [2.45, 2.75) is 27.3 Å². The maximum atomic E-state index is 12.6. The van der Waals surface area contributed by atoms with Crippen molar-refractivity contribution in [2.24, 2.45) is 0 Å². The van der Waals surface area contributed by atoms with Crippen LogP contribution in [-0.2, 0) is 11.3 Å². The number of nitrogens with zero attached hydrogens (tertiary/aromatic N) is 3. The van der Waals surface area contributed by atoms with Crippen LogP contribution < -0.4 is 14.8 Å². The molecule has 1 N–H and O–H groups in total. The number of hydrogen-bond donors (Lipinski definition) is 1. The van der Waals surface area contributed by atoms with Crippen LogP contribution in [0, 0.1) is 13.8 Å². The fourth-order valence-electron chi connectivity index (χ4n) is 4.32. The van der Waals surface area contributed by atoms with Gasteiger partial charge in [0.2, 0.25) is 5.91 Å². The van der Waals surface area contributed by atoms with Crippen LogP contribution in [0.2, 0.25) is 0 Å². The van der Waals surface area contributed by atoms with Gasteiger partial charge >= 0.3 is 0 Å². The van der Waals surface area contributed by atoms with Crippen molar-refractivity contribution in [1.29, 1.82) is 0 Å². The van der Waals surface area contributed by atoms with E-state index in [0.717, 1.165) is 77.3 Å². The molecule has 7 nitrogen and oxygen atoms in total. The monoisotopic (exact) mass is 494 g/mol. The summed E-state index contributed by atoms with van der Waals surface area (Å²) in [6.07, 6.45) is 0. The Hall–Kier alpha value is -2.94. The SMILES string of the molecule is CCOc1ccc(-c2nc(CN3CCN(CC(=O)Nc4c(C)cccc4C)CC3)cs2)cc1OC. The molecule has 2 aromatic carbocycles. The van der Waals surface area contributed by atoms with Gasteiger partial charge in [0.15, 0.2) is 11.5 Å². The molecule has 0 aliphatic carbocycles. The van der Waals surface area contributed by atoms with Crippen LogP contribution in [-0.4, -0.2) is 67.1 Å². The summed E-state index contributed by atoms with van der Waals surface area (Å²) in [7, 11) is 1.65. The number of carbonyl (C=O) groups is 1. The Morgan fingerprint density at radius 1 is 1.06 bits per heavy atom. The van der Waals surface area contributed by atoms with E-state index < -0.39 is 0 Å². The number of aromatic nitrogens is 1. The third kappa shape index (κ3) is 6.39. The van der Waals surface area contributed by atoms with Crippen LogP contribution in [0.4, 0.5) is 5.69 Å². The largest absolute Gasteiger partial charge is 0.493 e. The smallest absolute Gasteiger partial charge is 0.238 e. The molecule has 8 heteroatoms. The van der Waals surface area contributed by atoms with E-state index in [0.29, 0.717) is 13.2 Å². The summed E-state index contributed by atoms with van der Waals surface area (Å²) in [5.41, 5.74) is 5.21. The lowest BCUT2D eigenvalue weighted by atomic mass is 10.1. The predicted octanol–water partition coefficient (Wildman–Crippen LogP) is 4.59. The maximum Gasteiger partial charge on any atom is 0.238 e. The molecular formula is C27H34N4O3S. The molecule has 1 aliphatic rings. The van der Waals surface area contributed by atoms with Crippen LogP contribution in [0.5, 0.6) is 11.5 Å². The zero-order chi connectivity index (χ0) is 24.8. The first kappa shape index (κ1) is 25.2. The fraction of sp³-hybridized carbons (Fsp3) is 0.407. The summed E-state index contributed by atoms with van der Waals surface area (Å²) >= 11 is 1.64. The minimum absolute atomic E-state index is 0.0470. The van der Waals surface area contributed by atoms with Crippen LogP contribution in [0.25, 0.3) is 10.6 Å². The zero-order valence-electron chi connectivity index (χ0n) is 21.0. The van der Waals surface area contributed by atoms with Gasteiger partial charge in [0.05, 0.1) is 26.0 Å². The summed E-state index contributed by atoms with van der Waals surface area (Å²) in [6.45, 7) is 11.4. The number of anilines is 1. The average Bonchev–Trinajstić information content (AvgIpc) is 3.32. The van der Waals surface area contributed by atoms with Crippen LogP contribution in [0.3, 0.4) is 0 Å². The number of ether oxygens (including phenoxy) is 2. The van der Waals surface area contributed by atoms with Crippen molar-refractivity contribution in [2.75, 3.05) is 51.8 Å². The van der Waals surface area contributed by atoms with E-state index in [9.17, 15) is 4.79 Å². The van der Waals surface area contributed by atoms with Gasteiger partial charge < -0.3 is 14.8 Å². The predicted molar refractivity (Wildman–Crippen MR) is 142 cm³/mol. The third-order valence-corrected chi connectivity index (χ3v) is 7.17.